The number of carbonyl (C=O) groups is 1. The van der Waals surface area contributed by atoms with E-state index >= 15 is 0 Å². The number of hydrazone groups is 1. The lowest BCUT2D eigenvalue weighted by atomic mass is 9.95. The number of nitrogens with one attached hydrogen (secondary N) is 1. The molecule has 0 saturated heterocycles. The largest absolute Gasteiger partial charge is 0.353 e. The maximum Gasteiger partial charge on any atom is 0.285 e. The fourth-order valence-electron chi connectivity index (χ4n) is 3.93. The lowest BCUT2D eigenvalue weighted by Gasteiger charge is -2.24. The Labute approximate surface area is 196 Å². The third kappa shape index (κ3) is 5.45. The molecule has 1 saturated carbocycles. The zero-order chi connectivity index (χ0) is 22.6. The van der Waals surface area contributed by atoms with Crippen molar-refractivity contribution in [2.24, 2.45) is 9.50 Å². The molecule has 0 bridgehead atoms. The molecule has 1 fully saturated rings. The number of halogens is 1. The van der Waals surface area contributed by atoms with Gasteiger partial charge in [0.2, 0.25) is 5.91 Å². The third-order valence-electron chi connectivity index (χ3n) is 5.59. The maximum atomic E-state index is 12.6. The van der Waals surface area contributed by atoms with E-state index in [1.807, 2.05) is 24.3 Å². The summed E-state index contributed by atoms with van der Waals surface area (Å²) in [4.78, 5) is 12.7. The number of amides is 1. The topological polar surface area (TPSA) is 91.2 Å². The second-order valence-corrected chi connectivity index (χ2v) is 10.4. The van der Waals surface area contributed by atoms with Crippen molar-refractivity contribution < 1.29 is 13.2 Å². The molecule has 0 radical (unpaired) electrons. The summed E-state index contributed by atoms with van der Waals surface area (Å²) >= 11 is 3.41. The summed E-state index contributed by atoms with van der Waals surface area (Å²) < 4.78 is 30.0. The Morgan fingerprint density at radius 1 is 1.12 bits per heavy atom. The predicted octanol–water partition coefficient (Wildman–Crippen LogP) is 4.07. The first-order valence-electron chi connectivity index (χ1n) is 10.7. The molecule has 2 aromatic rings. The molecular weight excluding hydrogens is 492 g/mol. The number of rotatable bonds is 6. The van der Waals surface area contributed by atoms with E-state index < -0.39 is 10.0 Å². The number of amidine groups is 1. The zero-order valence-electron chi connectivity index (χ0n) is 17.6. The van der Waals surface area contributed by atoms with Crippen LogP contribution in [0.25, 0.3) is 0 Å². The summed E-state index contributed by atoms with van der Waals surface area (Å²) in [5.41, 5.74) is 1.34. The maximum absolute atomic E-state index is 12.6. The van der Waals surface area contributed by atoms with Crippen LogP contribution in [0, 0.1) is 0 Å². The van der Waals surface area contributed by atoms with Crippen LogP contribution in [0.2, 0.25) is 0 Å². The van der Waals surface area contributed by atoms with Crippen molar-refractivity contribution in [1.29, 1.82) is 0 Å². The van der Waals surface area contributed by atoms with Gasteiger partial charge in [-0.1, -0.05) is 59.5 Å². The number of sulfonamides is 1. The van der Waals surface area contributed by atoms with E-state index in [2.05, 4.69) is 30.7 Å². The van der Waals surface area contributed by atoms with Crippen molar-refractivity contribution in [2.75, 3.05) is 6.54 Å². The van der Waals surface area contributed by atoms with Gasteiger partial charge in [-0.2, -0.15) is 13.5 Å². The highest BCUT2D eigenvalue weighted by atomic mass is 79.9. The molecule has 32 heavy (non-hydrogen) atoms. The Bertz CT molecular complexity index is 1140. The Morgan fingerprint density at radius 3 is 2.59 bits per heavy atom. The molecule has 1 heterocycles. The number of fused-ring (bicyclic) bond motifs is 1. The standard InChI is InChI=1S/C23H25BrN4O3S/c24-18-12-10-17(11-13-18)16-25-28(15-14-22(29)26-19-6-2-1-3-7-19)23-20-8-4-5-9-21(20)32(30,31)27-23/h4-5,8-13,16,19H,1-3,6-7,14-15H2,(H,26,29)/b25-16-. The Hall–Kier alpha value is -2.52. The minimum Gasteiger partial charge on any atom is -0.353 e. The lowest BCUT2D eigenvalue weighted by Crippen LogP contribution is -2.38. The number of hydrogen-bond donors (Lipinski definition) is 1. The minimum atomic E-state index is -3.78. The van der Waals surface area contributed by atoms with Gasteiger partial charge in [0.25, 0.3) is 10.0 Å². The van der Waals surface area contributed by atoms with E-state index in [1.54, 1.807) is 24.4 Å². The zero-order valence-corrected chi connectivity index (χ0v) is 20.0. The van der Waals surface area contributed by atoms with Crippen molar-refractivity contribution >= 4 is 43.9 Å². The highest BCUT2D eigenvalue weighted by Gasteiger charge is 2.32. The molecular formula is C23H25BrN4O3S. The lowest BCUT2D eigenvalue weighted by molar-refractivity contribution is -0.122. The van der Waals surface area contributed by atoms with Crippen LogP contribution >= 0.6 is 15.9 Å². The average molecular weight is 517 g/mol. The van der Waals surface area contributed by atoms with E-state index in [0.717, 1.165) is 35.7 Å². The van der Waals surface area contributed by atoms with E-state index in [0.29, 0.717) is 5.56 Å². The van der Waals surface area contributed by atoms with Gasteiger partial charge in [0.1, 0.15) is 4.90 Å². The van der Waals surface area contributed by atoms with Crippen molar-refractivity contribution in [2.45, 2.75) is 49.5 Å². The molecule has 1 amide bonds. The smallest absolute Gasteiger partial charge is 0.285 e. The van der Waals surface area contributed by atoms with Gasteiger partial charge < -0.3 is 5.32 Å². The Balaban J connectivity index is 1.54. The molecule has 1 N–H and O–H groups in total. The monoisotopic (exact) mass is 516 g/mol. The van der Waals surface area contributed by atoms with E-state index in [4.69, 9.17) is 0 Å². The normalized spacial score (nSPS) is 17.7. The summed E-state index contributed by atoms with van der Waals surface area (Å²) in [6.45, 7) is 0.217. The molecule has 7 nitrogen and oxygen atoms in total. The molecule has 168 valence electrons. The van der Waals surface area contributed by atoms with Gasteiger partial charge in [-0.15, -0.1) is 4.40 Å². The van der Waals surface area contributed by atoms with Crippen LogP contribution in [-0.4, -0.2) is 44.0 Å². The van der Waals surface area contributed by atoms with Crippen LogP contribution in [-0.2, 0) is 14.8 Å². The predicted molar refractivity (Wildman–Crippen MR) is 128 cm³/mol. The highest BCUT2D eigenvalue weighted by Crippen LogP contribution is 2.27. The fraction of sp³-hybridized carbons (Fsp3) is 0.348. The number of benzene rings is 2. The molecule has 2 aromatic carbocycles. The second-order valence-electron chi connectivity index (χ2n) is 7.96. The molecule has 2 aliphatic rings. The van der Waals surface area contributed by atoms with Crippen LogP contribution in [0.5, 0.6) is 0 Å². The summed E-state index contributed by atoms with van der Waals surface area (Å²) in [6, 6.07) is 14.5. The van der Waals surface area contributed by atoms with E-state index in [9.17, 15) is 13.2 Å². The molecule has 9 heteroatoms. The summed E-state index contributed by atoms with van der Waals surface area (Å²) in [7, 11) is -3.78. The summed E-state index contributed by atoms with van der Waals surface area (Å²) in [5.74, 6) is 0.176. The highest BCUT2D eigenvalue weighted by molar-refractivity contribution is 9.10. The van der Waals surface area contributed by atoms with Crippen molar-refractivity contribution in [1.82, 2.24) is 10.3 Å². The molecule has 1 aliphatic heterocycles. The molecule has 4 rings (SSSR count). The SMILES string of the molecule is O=C(CCN(/N=C\c1ccc(Br)cc1)C1=NS(=O)(=O)c2ccccc21)NC1CCCCC1. The van der Waals surface area contributed by atoms with Gasteiger partial charge in [0.05, 0.1) is 12.8 Å². The average Bonchev–Trinajstić information content (AvgIpc) is 3.07. The summed E-state index contributed by atoms with van der Waals surface area (Å²) in [6.07, 6.45) is 7.35. The third-order valence-corrected chi connectivity index (χ3v) is 7.45. The minimum absolute atomic E-state index is 0.0597. The quantitative estimate of drug-likeness (QED) is 0.462. The van der Waals surface area contributed by atoms with Crippen molar-refractivity contribution in [3.63, 3.8) is 0 Å². The molecule has 1 aliphatic carbocycles. The first kappa shape index (κ1) is 22.7. The van der Waals surface area contributed by atoms with Gasteiger partial charge in [-0.3, -0.25) is 4.79 Å². The van der Waals surface area contributed by atoms with Gasteiger partial charge in [-0.25, -0.2) is 5.01 Å². The first-order valence-corrected chi connectivity index (χ1v) is 13.0. The van der Waals surface area contributed by atoms with Gasteiger partial charge in [0.15, 0.2) is 5.84 Å². The Kier molecular flexibility index (Phi) is 7.05. The van der Waals surface area contributed by atoms with Crippen LogP contribution in [0.1, 0.15) is 49.7 Å². The number of nitrogens with zero attached hydrogens (tertiary/aromatic N) is 3. The van der Waals surface area contributed by atoms with Crippen molar-refractivity contribution in [3.8, 4) is 0 Å². The van der Waals surface area contributed by atoms with Crippen LogP contribution < -0.4 is 5.32 Å². The van der Waals surface area contributed by atoms with Crippen LogP contribution in [0.4, 0.5) is 0 Å². The molecule has 0 atom stereocenters. The van der Waals surface area contributed by atoms with Gasteiger partial charge in [0, 0.05) is 22.5 Å². The summed E-state index contributed by atoms with van der Waals surface area (Å²) in [5, 5.41) is 9.11. The number of hydrogen-bond acceptors (Lipinski definition) is 5. The number of carbonyl (C=O) groups excluding carboxylic acids is 1. The molecule has 0 spiro atoms. The van der Waals surface area contributed by atoms with Crippen molar-refractivity contribution in [3.05, 3.63) is 64.1 Å². The second kappa shape index (κ2) is 9.95. The van der Waals surface area contributed by atoms with Crippen LogP contribution in [0.3, 0.4) is 0 Å². The molecule has 0 aromatic heterocycles. The first-order chi connectivity index (χ1) is 15.4. The van der Waals surface area contributed by atoms with Gasteiger partial charge >= 0.3 is 0 Å². The van der Waals surface area contributed by atoms with Gasteiger partial charge in [-0.05, 0) is 42.7 Å². The van der Waals surface area contributed by atoms with Crippen LogP contribution in [0.15, 0.2) is 67.4 Å². The fourth-order valence-corrected chi connectivity index (χ4v) is 5.40. The molecule has 0 unspecified atom stereocenters. The van der Waals surface area contributed by atoms with E-state index in [-0.39, 0.29) is 35.6 Å². The van der Waals surface area contributed by atoms with E-state index in [1.165, 1.54) is 17.5 Å². The Morgan fingerprint density at radius 2 is 1.84 bits per heavy atom.